The fourth-order valence-corrected chi connectivity index (χ4v) is 4.73. The van der Waals surface area contributed by atoms with Gasteiger partial charge in [-0.15, -0.1) is 16.4 Å². The fourth-order valence-electron chi connectivity index (χ4n) is 3.09. The molecule has 4 nitrogen and oxygen atoms in total. The van der Waals surface area contributed by atoms with E-state index in [1.54, 1.807) is 11.3 Å². The summed E-state index contributed by atoms with van der Waals surface area (Å²) in [5.41, 5.74) is 1.14. The topological polar surface area (TPSA) is 49.2 Å². The second kappa shape index (κ2) is 7.17. The minimum absolute atomic E-state index is 0.293. The zero-order valence-electron chi connectivity index (χ0n) is 13.1. The molecule has 1 fully saturated rings. The van der Waals surface area contributed by atoms with Crippen LogP contribution >= 0.6 is 22.9 Å². The Morgan fingerprint density at radius 3 is 2.77 bits per heavy atom. The van der Waals surface area contributed by atoms with Crippen molar-refractivity contribution >= 4 is 22.9 Å². The first-order valence-corrected chi connectivity index (χ1v) is 9.55. The van der Waals surface area contributed by atoms with E-state index in [9.17, 15) is 5.11 Å². The van der Waals surface area contributed by atoms with E-state index in [0.717, 1.165) is 43.0 Å². The molecular formula is C16H23N3OS2. The van der Waals surface area contributed by atoms with Gasteiger partial charge in [0.05, 0.1) is 16.7 Å². The van der Waals surface area contributed by atoms with Gasteiger partial charge in [-0.2, -0.15) is 0 Å². The van der Waals surface area contributed by atoms with E-state index in [1.165, 1.54) is 16.4 Å². The van der Waals surface area contributed by atoms with Crippen molar-refractivity contribution in [2.75, 3.05) is 13.1 Å². The SMILES string of the molecule is CC(C)c1nnsc1CN1CCC(C(O)c2cccs2)CC1. The van der Waals surface area contributed by atoms with Crippen molar-refractivity contribution < 1.29 is 5.11 Å². The number of piperidine rings is 1. The van der Waals surface area contributed by atoms with Gasteiger partial charge in [0.25, 0.3) is 0 Å². The first kappa shape index (κ1) is 16.1. The molecule has 1 unspecified atom stereocenters. The zero-order valence-corrected chi connectivity index (χ0v) is 14.7. The molecule has 6 heteroatoms. The van der Waals surface area contributed by atoms with E-state index in [2.05, 4.69) is 28.3 Å². The normalized spacial score (nSPS) is 18.9. The molecule has 1 saturated heterocycles. The molecule has 0 bridgehead atoms. The molecule has 2 aromatic rings. The average Bonchev–Trinajstić information content (AvgIpc) is 3.18. The van der Waals surface area contributed by atoms with Crippen molar-refractivity contribution in [2.24, 2.45) is 5.92 Å². The van der Waals surface area contributed by atoms with E-state index in [0.29, 0.717) is 11.8 Å². The van der Waals surface area contributed by atoms with Gasteiger partial charge in [0.2, 0.25) is 0 Å². The second-order valence-electron chi connectivity index (χ2n) is 6.31. The fraction of sp³-hybridized carbons (Fsp3) is 0.625. The van der Waals surface area contributed by atoms with Crippen molar-refractivity contribution in [3.63, 3.8) is 0 Å². The highest BCUT2D eigenvalue weighted by atomic mass is 32.1. The van der Waals surface area contributed by atoms with Crippen LogP contribution in [0.15, 0.2) is 17.5 Å². The summed E-state index contributed by atoms with van der Waals surface area (Å²) in [6, 6.07) is 4.06. The maximum atomic E-state index is 10.5. The number of hydrogen-bond acceptors (Lipinski definition) is 6. The predicted molar refractivity (Wildman–Crippen MR) is 91.3 cm³/mol. The van der Waals surface area contributed by atoms with E-state index in [1.807, 2.05) is 17.5 Å². The number of thiophene rings is 1. The molecule has 3 rings (SSSR count). The van der Waals surface area contributed by atoms with Crippen LogP contribution < -0.4 is 0 Å². The molecule has 1 aliphatic heterocycles. The summed E-state index contributed by atoms with van der Waals surface area (Å²) in [5.74, 6) is 0.825. The Morgan fingerprint density at radius 1 is 1.36 bits per heavy atom. The summed E-state index contributed by atoms with van der Waals surface area (Å²) in [6.45, 7) is 7.38. The van der Waals surface area contributed by atoms with Crippen molar-refractivity contribution in [1.82, 2.24) is 14.5 Å². The number of nitrogens with zero attached hydrogens (tertiary/aromatic N) is 3. The lowest BCUT2D eigenvalue weighted by Gasteiger charge is -2.33. The zero-order chi connectivity index (χ0) is 15.5. The Kier molecular flexibility index (Phi) is 5.23. The number of rotatable bonds is 5. The van der Waals surface area contributed by atoms with E-state index in [-0.39, 0.29) is 6.10 Å². The largest absolute Gasteiger partial charge is 0.387 e. The van der Waals surface area contributed by atoms with Crippen LogP contribution in [-0.2, 0) is 6.54 Å². The van der Waals surface area contributed by atoms with Gasteiger partial charge in [-0.25, -0.2) is 0 Å². The number of likely N-dealkylation sites (tertiary alicyclic amines) is 1. The summed E-state index contributed by atoms with van der Waals surface area (Å²) >= 11 is 3.18. The van der Waals surface area contributed by atoms with Crippen LogP contribution in [0.25, 0.3) is 0 Å². The van der Waals surface area contributed by atoms with Crippen molar-refractivity contribution in [3.05, 3.63) is 33.0 Å². The molecule has 120 valence electrons. The molecule has 2 aromatic heterocycles. The Balaban J connectivity index is 1.54. The lowest BCUT2D eigenvalue weighted by molar-refractivity contribution is 0.0593. The lowest BCUT2D eigenvalue weighted by atomic mass is 9.90. The molecule has 3 heterocycles. The molecule has 1 aliphatic rings. The maximum absolute atomic E-state index is 10.5. The van der Waals surface area contributed by atoms with Crippen molar-refractivity contribution in [1.29, 1.82) is 0 Å². The first-order valence-electron chi connectivity index (χ1n) is 7.90. The van der Waals surface area contributed by atoms with Crippen LogP contribution in [0.3, 0.4) is 0 Å². The Labute approximate surface area is 140 Å². The van der Waals surface area contributed by atoms with Crippen LogP contribution in [0.1, 0.15) is 54.2 Å². The predicted octanol–water partition coefficient (Wildman–Crippen LogP) is 3.67. The monoisotopic (exact) mass is 337 g/mol. The smallest absolute Gasteiger partial charge is 0.0910 e. The van der Waals surface area contributed by atoms with Crippen molar-refractivity contribution in [2.45, 2.75) is 45.3 Å². The molecule has 1 atom stereocenters. The Hall–Kier alpha value is -0.820. The molecule has 0 saturated carbocycles. The van der Waals surface area contributed by atoms with Gasteiger partial charge < -0.3 is 5.11 Å². The molecule has 0 amide bonds. The number of aliphatic hydroxyl groups is 1. The molecule has 1 N–H and O–H groups in total. The van der Waals surface area contributed by atoms with Gasteiger partial charge in [-0.1, -0.05) is 24.4 Å². The summed E-state index contributed by atoms with van der Waals surface area (Å²) < 4.78 is 4.11. The van der Waals surface area contributed by atoms with Crippen LogP contribution in [0, 0.1) is 5.92 Å². The third kappa shape index (κ3) is 3.56. The maximum Gasteiger partial charge on any atom is 0.0910 e. The van der Waals surface area contributed by atoms with Gasteiger partial charge in [0.1, 0.15) is 0 Å². The molecule has 22 heavy (non-hydrogen) atoms. The Morgan fingerprint density at radius 2 is 2.14 bits per heavy atom. The summed E-state index contributed by atoms with van der Waals surface area (Å²) in [6.07, 6.45) is 1.82. The third-order valence-corrected chi connectivity index (χ3v) is 6.08. The number of aliphatic hydroxyl groups excluding tert-OH is 1. The molecule has 0 aromatic carbocycles. The van der Waals surface area contributed by atoms with E-state index < -0.39 is 0 Å². The van der Waals surface area contributed by atoms with Crippen LogP contribution in [0.2, 0.25) is 0 Å². The van der Waals surface area contributed by atoms with Gasteiger partial charge >= 0.3 is 0 Å². The molecular weight excluding hydrogens is 314 g/mol. The van der Waals surface area contributed by atoms with Gasteiger partial charge in [-0.05, 0) is 60.7 Å². The first-order chi connectivity index (χ1) is 10.6. The summed E-state index contributed by atoms with van der Waals surface area (Å²) in [5, 5.41) is 16.8. The van der Waals surface area contributed by atoms with Crippen LogP contribution in [-0.4, -0.2) is 32.7 Å². The second-order valence-corrected chi connectivity index (χ2v) is 8.13. The third-order valence-electron chi connectivity index (χ3n) is 4.41. The molecule has 0 spiro atoms. The van der Waals surface area contributed by atoms with E-state index >= 15 is 0 Å². The summed E-state index contributed by atoms with van der Waals surface area (Å²) in [7, 11) is 0. The van der Waals surface area contributed by atoms with Gasteiger partial charge in [0, 0.05) is 11.4 Å². The van der Waals surface area contributed by atoms with Gasteiger partial charge in [-0.3, -0.25) is 4.90 Å². The average molecular weight is 338 g/mol. The highest BCUT2D eigenvalue weighted by Gasteiger charge is 2.27. The molecule has 0 aliphatic carbocycles. The lowest BCUT2D eigenvalue weighted by Crippen LogP contribution is -2.35. The van der Waals surface area contributed by atoms with E-state index in [4.69, 9.17) is 0 Å². The van der Waals surface area contributed by atoms with Crippen molar-refractivity contribution in [3.8, 4) is 0 Å². The quantitative estimate of drug-likeness (QED) is 0.904. The minimum atomic E-state index is -0.293. The standard InChI is InChI=1S/C16H23N3OS2/c1-11(2)15-14(22-18-17-15)10-19-7-5-12(6-8-19)16(20)13-4-3-9-21-13/h3-4,9,11-12,16,20H,5-8,10H2,1-2H3. The Bertz CT molecular complexity index is 574. The number of hydrogen-bond donors (Lipinski definition) is 1. The highest BCUT2D eigenvalue weighted by molar-refractivity contribution is 7.10. The van der Waals surface area contributed by atoms with Crippen LogP contribution in [0.4, 0.5) is 0 Å². The number of aromatic nitrogens is 2. The van der Waals surface area contributed by atoms with Crippen LogP contribution in [0.5, 0.6) is 0 Å². The van der Waals surface area contributed by atoms with Gasteiger partial charge in [0.15, 0.2) is 0 Å². The molecule has 0 radical (unpaired) electrons. The summed E-state index contributed by atoms with van der Waals surface area (Å²) in [4.78, 5) is 4.87. The highest BCUT2D eigenvalue weighted by Crippen LogP contribution is 2.33. The minimum Gasteiger partial charge on any atom is -0.387 e.